The molecule has 4 rings (SSSR count). The van der Waals surface area contributed by atoms with Gasteiger partial charge >= 0.3 is 5.97 Å². The van der Waals surface area contributed by atoms with Gasteiger partial charge in [-0.05, 0) is 55.3 Å². The van der Waals surface area contributed by atoms with Gasteiger partial charge in [-0.15, -0.1) is 0 Å². The number of sulfonamides is 1. The summed E-state index contributed by atoms with van der Waals surface area (Å²) in [6, 6.07) is 19.8. The molecule has 0 N–H and O–H groups in total. The van der Waals surface area contributed by atoms with Crippen molar-refractivity contribution >= 4 is 33.7 Å². The number of anilines is 1. The molecule has 7 nitrogen and oxygen atoms in total. The zero-order valence-corrected chi connectivity index (χ0v) is 20.4. The number of esters is 1. The molecule has 35 heavy (non-hydrogen) atoms. The first-order chi connectivity index (χ1) is 16.8. The van der Waals surface area contributed by atoms with Crippen LogP contribution in [0.25, 0.3) is 6.08 Å². The van der Waals surface area contributed by atoms with Gasteiger partial charge in [-0.3, -0.25) is 4.79 Å². The average Bonchev–Trinajstić information content (AvgIpc) is 2.86. The van der Waals surface area contributed by atoms with Gasteiger partial charge in [0.2, 0.25) is 5.91 Å². The molecule has 3 aromatic rings. The number of amides is 1. The molecule has 0 saturated carbocycles. The van der Waals surface area contributed by atoms with Gasteiger partial charge in [0.15, 0.2) is 0 Å². The third-order valence-corrected chi connectivity index (χ3v) is 7.64. The zero-order valence-electron chi connectivity index (χ0n) is 19.6. The van der Waals surface area contributed by atoms with E-state index in [1.54, 1.807) is 60.7 Å². The molecule has 1 atom stereocenters. The van der Waals surface area contributed by atoms with Crippen LogP contribution in [-0.2, 0) is 24.3 Å². The molecule has 1 aliphatic heterocycles. The summed E-state index contributed by atoms with van der Waals surface area (Å²) >= 11 is 0. The maximum absolute atomic E-state index is 14.1. The summed E-state index contributed by atoms with van der Waals surface area (Å²) in [5.41, 5.74) is 2.20. The predicted octanol–water partition coefficient (Wildman–Crippen LogP) is 4.47. The van der Waals surface area contributed by atoms with E-state index in [4.69, 9.17) is 9.47 Å². The minimum Gasteiger partial charge on any atom is -0.497 e. The molecular weight excluding hydrogens is 466 g/mol. The van der Waals surface area contributed by atoms with Crippen molar-refractivity contribution in [3.63, 3.8) is 0 Å². The van der Waals surface area contributed by atoms with Crippen LogP contribution >= 0.6 is 0 Å². The van der Waals surface area contributed by atoms with Crippen molar-refractivity contribution in [2.75, 3.05) is 18.5 Å². The van der Waals surface area contributed by atoms with Crippen LogP contribution in [0.15, 0.2) is 83.3 Å². The molecule has 0 bridgehead atoms. The minimum atomic E-state index is -4.29. The van der Waals surface area contributed by atoms with Gasteiger partial charge in [-0.2, -0.15) is 0 Å². The number of nitrogens with zero attached hydrogens (tertiary/aromatic N) is 1. The SMILES string of the molecule is COC(=O)/C1=C/c2cc(OC)ccc2N(S(=O)(=O)c2ccc(C)cc2)C(=O)C(c2ccccc2)C1. The number of methoxy groups -OCH3 is 2. The number of hydrogen-bond donors (Lipinski definition) is 0. The van der Waals surface area contributed by atoms with Crippen molar-refractivity contribution in [1.82, 2.24) is 0 Å². The molecule has 8 heteroatoms. The molecular formula is C27H25NO6S. The fraction of sp³-hybridized carbons (Fsp3) is 0.185. The monoisotopic (exact) mass is 491 g/mol. The Morgan fingerprint density at radius 2 is 1.66 bits per heavy atom. The van der Waals surface area contributed by atoms with Crippen molar-refractivity contribution in [2.45, 2.75) is 24.2 Å². The Balaban J connectivity index is 2.01. The smallest absolute Gasteiger partial charge is 0.333 e. The Morgan fingerprint density at radius 1 is 0.971 bits per heavy atom. The van der Waals surface area contributed by atoms with Crippen molar-refractivity contribution < 1.29 is 27.5 Å². The second kappa shape index (κ2) is 9.76. The third kappa shape index (κ3) is 4.70. The molecule has 0 aromatic heterocycles. The molecule has 0 radical (unpaired) electrons. The fourth-order valence-corrected chi connectivity index (χ4v) is 5.54. The first-order valence-corrected chi connectivity index (χ1v) is 12.4. The summed E-state index contributed by atoms with van der Waals surface area (Å²) in [4.78, 5) is 26.7. The van der Waals surface area contributed by atoms with Crippen LogP contribution in [-0.4, -0.2) is 34.5 Å². The maximum Gasteiger partial charge on any atom is 0.333 e. The van der Waals surface area contributed by atoms with E-state index in [-0.39, 0.29) is 22.6 Å². The van der Waals surface area contributed by atoms with E-state index < -0.39 is 27.8 Å². The van der Waals surface area contributed by atoms with Crippen molar-refractivity contribution in [1.29, 1.82) is 0 Å². The molecule has 1 amide bonds. The molecule has 0 saturated heterocycles. The lowest BCUT2D eigenvalue weighted by atomic mass is 9.88. The van der Waals surface area contributed by atoms with Crippen molar-refractivity contribution in [3.8, 4) is 5.75 Å². The highest BCUT2D eigenvalue weighted by atomic mass is 32.2. The van der Waals surface area contributed by atoms with E-state index in [0.29, 0.717) is 16.9 Å². The normalized spacial score (nSPS) is 17.5. The Labute approximate surface area is 204 Å². The van der Waals surface area contributed by atoms with Crippen LogP contribution in [0.3, 0.4) is 0 Å². The van der Waals surface area contributed by atoms with Crippen LogP contribution in [0.2, 0.25) is 0 Å². The number of rotatable bonds is 5. The van der Waals surface area contributed by atoms with E-state index in [0.717, 1.165) is 9.87 Å². The largest absolute Gasteiger partial charge is 0.497 e. The number of aryl methyl sites for hydroxylation is 1. The van der Waals surface area contributed by atoms with Crippen LogP contribution in [0.1, 0.15) is 29.0 Å². The summed E-state index contributed by atoms with van der Waals surface area (Å²) < 4.78 is 38.9. The number of fused-ring (bicyclic) bond motifs is 1. The Hall–Kier alpha value is -3.91. The number of ether oxygens (including phenoxy) is 2. The summed E-state index contributed by atoms with van der Waals surface area (Å²) in [5, 5.41) is 0. The number of benzene rings is 3. The molecule has 1 heterocycles. The topological polar surface area (TPSA) is 90.0 Å². The highest BCUT2D eigenvalue weighted by molar-refractivity contribution is 7.93. The average molecular weight is 492 g/mol. The number of hydrogen-bond acceptors (Lipinski definition) is 6. The van der Waals surface area contributed by atoms with Gasteiger partial charge in [-0.25, -0.2) is 17.5 Å². The molecule has 1 unspecified atom stereocenters. The van der Waals surface area contributed by atoms with Gasteiger partial charge in [-0.1, -0.05) is 48.0 Å². The molecule has 1 aliphatic rings. The second-order valence-corrected chi connectivity index (χ2v) is 9.96. The summed E-state index contributed by atoms with van der Waals surface area (Å²) in [6.07, 6.45) is 1.52. The summed E-state index contributed by atoms with van der Waals surface area (Å²) in [7, 11) is -1.54. The van der Waals surface area contributed by atoms with Gasteiger partial charge in [0.05, 0.1) is 30.7 Å². The lowest BCUT2D eigenvalue weighted by molar-refractivity contribution is -0.136. The Morgan fingerprint density at radius 3 is 2.29 bits per heavy atom. The Bertz CT molecular complexity index is 1400. The molecule has 180 valence electrons. The van der Waals surface area contributed by atoms with Gasteiger partial charge in [0, 0.05) is 11.1 Å². The van der Waals surface area contributed by atoms with Crippen molar-refractivity contribution in [3.05, 3.63) is 95.1 Å². The van der Waals surface area contributed by atoms with Gasteiger partial charge < -0.3 is 9.47 Å². The Kier molecular flexibility index (Phi) is 6.75. The van der Waals surface area contributed by atoms with E-state index in [1.165, 1.54) is 32.4 Å². The zero-order chi connectivity index (χ0) is 25.2. The highest BCUT2D eigenvalue weighted by Crippen LogP contribution is 2.39. The first-order valence-electron chi connectivity index (χ1n) is 10.9. The van der Waals surface area contributed by atoms with E-state index >= 15 is 0 Å². The summed E-state index contributed by atoms with van der Waals surface area (Å²) in [6.45, 7) is 1.85. The standard InChI is InChI=1S/C27H25NO6S/c1-18-9-12-23(13-10-18)35(31,32)28-25-14-11-22(33-2)16-20(25)15-21(27(30)34-3)17-24(26(28)29)19-7-5-4-6-8-19/h4-16,24H,17H2,1-3H3/b21-15+. The highest BCUT2D eigenvalue weighted by Gasteiger charge is 2.39. The fourth-order valence-electron chi connectivity index (χ4n) is 4.06. The molecule has 0 fully saturated rings. The second-order valence-electron chi connectivity index (χ2n) is 8.17. The lowest BCUT2D eigenvalue weighted by Gasteiger charge is -2.30. The lowest BCUT2D eigenvalue weighted by Crippen LogP contribution is -2.41. The minimum absolute atomic E-state index is 0.0113. The van der Waals surface area contributed by atoms with Crippen molar-refractivity contribution in [2.24, 2.45) is 0 Å². The van der Waals surface area contributed by atoms with Gasteiger partial charge in [0.25, 0.3) is 10.0 Å². The quantitative estimate of drug-likeness (QED) is 0.489. The third-order valence-electron chi connectivity index (χ3n) is 5.91. The first kappa shape index (κ1) is 24.2. The molecule has 0 aliphatic carbocycles. The maximum atomic E-state index is 14.1. The van der Waals surface area contributed by atoms with E-state index in [1.807, 2.05) is 6.92 Å². The van der Waals surface area contributed by atoms with Crippen LogP contribution in [0.4, 0.5) is 5.69 Å². The molecule has 3 aromatic carbocycles. The van der Waals surface area contributed by atoms with Crippen LogP contribution in [0.5, 0.6) is 5.75 Å². The summed E-state index contributed by atoms with van der Waals surface area (Å²) in [5.74, 6) is -1.75. The van der Waals surface area contributed by atoms with E-state index in [2.05, 4.69) is 0 Å². The van der Waals surface area contributed by atoms with Gasteiger partial charge in [0.1, 0.15) is 5.75 Å². The van der Waals surface area contributed by atoms with E-state index in [9.17, 15) is 18.0 Å². The number of carbonyl (C=O) groups excluding carboxylic acids is 2. The van der Waals surface area contributed by atoms with Crippen LogP contribution in [0, 0.1) is 6.92 Å². The predicted molar refractivity (Wildman–Crippen MR) is 133 cm³/mol. The number of carbonyl (C=O) groups is 2. The molecule has 0 spiro atoms. The van der Waals surface area contributed by atoms with Crippen LogP contribution < -0.4 is 9.04 Å².